The number of imidazole rings is 1. The average Bonchev–Trinajstić information content (AvgIpc) is 3.08. The van der Waals surface area contributed by atoms with Crippen LogP contribution in [-0.2, 0) is 11.8 Å². The lowest BCUT2D eigenvalue weighted by Crippen LogP contribution is -2.39. The Morgan fingerprint density at radius 2 is 1.74 bits per heavy atom. The summed E-state index contributed by atoms with van der Waals surface area (Å²) in [6.45, 7) is 3.35. The molecule has 0 bridgehead atoms. The van der Waals surface area contributed by atoms with Crippen LogP contribution in [0.1, 0.15) is 36.1 Å². The van der Waals surface area contributed by atoms with Gasteiger partial charge in [0.25, 0.3) is 5.56 Å². The first-order valence-electron chi connectivity index (χ1n) is 10.1. The van der Waals surface area contributed by atoms with E-state index in [1.807, 2.05) is 66.2 Å². The molecule has 0 aliphatic heterocycles. The van der Waals surface area contributed by atoms with Crippen molar-refractivity contribution in [2.75, 3.05) is 0 Å². The molecule has 2 atom stereocenters. The third-order valence-electron chi connectivity index (χ3n) is 5.51. The molecule has 0 saturated heterocycles. The maximum Gasteiger partial charge on any atom is 0.255 e. The van der Waals surface area contributed by atoms with E-state index in [-0.39, 0.29) is 11.7 Å². The van der Waals surface area contributed by atoms with Gasteiger partial charge in [0.05, 0.1) is 11.0 Å². The average molecular weight is 416 g/mol. The highest BCUT2D eigenvalue weighted by atomic mass is 16.3. The minimum Gasteiger partial charge on any atom is -0.508 e. The van der Waals surface area contributed by atoms with Crippen LogP contribution in [0.5, 0.6) is 5.75 Å². The number of benzene rings is 2. The molecule has 2 aromatic carbocycles. The number of nitrogens with one attached hydrogen (secondary N) is 1. The van der Waals surface area contributed by atoms with Crippen molar-refractivity contribution < 1.29 is 9.90 Å². The topological polar surface area (TPSA) is 89.2 Å². The van der Waals surface area contributed by atoms with Crippen LogP contribution in [0.4, 0.5) is 0 Å². The summed E-state index contributed by atoms with van der Waals surface area (Å²) in [5.74, 6) is 0.257. The molecule has 4 rings (SSSR count). The SMILES string of the molecule is Cc1cc(O)cc(=O)n1[C@H](C)C(=O)N[C@@H](c1ccccc1)c1nc2ccccc2n1C. The quantitative estimate of drug-likeness (QED) is 0.523. The molecule has 0 aliphatic rings. The lowest BCUT2D eigenvalue weighted by molar-refractivity contribution is -0.124. The first-order valence-corrected chi connectivity index (χ1v) is 10.1. The molecular formula is C24H24N4O3. The minimum atomic E-state index is -0.769. The minimum absolute atomic E-state index is 0.117. The highest BCUT2D eigenvalue weighted by Gasteiger charge is 2.26. The molecule has 0 unspecified atom stereocenters. The van der Waals surface area contributed by atoms with Gasteiger partial charge in [-0.2, -0.15) is 0 Å². The Hall–Kier alpha value is -3.87. The number of hydrogen-bond donors (Lipinski definition) is 2. The zero-order valence-corrected chi connectivity index (χ0v) is 17.6. The number of rotatable bonds is 5. The van der Waals surface area contributed by atoms with Crippen molar-refractivity contribution >= 4 is 16.9 Å². The predicted molar refractivity (Wildman–Crippen MR) is 119 cm³/mol. The Morgan fingerprint density at radius 3 is 2.42 bits per heavy atom. The Labute approximate surface area is 179 Å². The molecule has 0 radical (unpaired) electrons. The molecule has 4 aromatic rings. The second-order valence-corrected chi connectivity index (χ2v) is 7.61. The summed E-state index contributed by atoms with van der Waals surface area (Å²) in [5.41, 5.74) is 2.77. The summed E-state index contributed by atoms with van der Waals surface area (Å²) in [7, 11) is 1.92. The number of hydrogen-bond acceptors (Lipinski definition) is 4. The van der Waals surface area contributed by atoms with E-state index in [2.05, 4.69) is 5.32 Å². The van der Waals surface area contributed by atoms with E-state index >= 15 is 0 Å². The van der Waals surface area contributed by atoms with Gasteiger partial charge in [-0.05, 0) is 37.6 Å². The fourth-order valence-corrected chi connectivity index (χ4v) is 3.94. The first kappa shape index (κ1) is 20.4. The molecule has 2 heterocycles. The van der Waals surface area contributed by atoms with Gasteiger partial charge >= 0.3 is 0 Å². The third-order valence-corrected chi connectivity index (χ3v) is 5.51. The molecule has 0 spiro atoms. The number of nitrogens with zero attached hydrogens (tertiary/aromatic N) is 3. The van der Waals surface area contributed by atoms with Gasteiger partial charge in [-0.1, -0.05) is 42.5 Å². The molecule has 1 amide bonds. The van der Waals surface area contributed by atoms with Gasteiger partial charge < -0.3 is 19.6 Å². The summed E-state index contributed by atoms with van der Waals surface area (Å²) >= 11 is 0. The van der Waals surface area contributed by atoms with Crippen LogP contribution in [-0.4, -0.2) is 25.1 Å². The fraction of sp³-hybridized carbons (Fsp3) is 0.208. The van der Waals surface area contributed by atoms with Crippen LogP contribution < -0.4 is 10.9 Å². The first-order chi connectivity index (χ1) is 14.9. The summed E-state index contributed by atoms with van der Waals surface area (Å²) < 4.78 is 3.34. The van der Waals surface area contributed by atoms with Crippen LogP contribution in [0, 0.1) is 6.92 Å². The largest absolute Gasteiger partial charge is 0.508 e. The Bertz CT molecular complexity index is 1310. The van der Waals surface area contributed by atoms with Crippen molar-refractivity contribution in [3.63, 3.8) is 0 Å². The van der Waals surface area contributed by atoms with Gasteiger partial charge in [0, 0.05) is 18.8 Å². The zero-order chi connectivity index (χ0) is 22.1. The van der Waals surface area contributed by atoms with E-state index in [1.165, 1.54) is 10.6 Å². The van der Waals surface area contributed by atoms with Crippen LogP contribution in [0.2, 0.25) is 0 Å². The summed E-state index contributed by atoms with van der Waals surface area (Å²) in [6, 6.07) is 18.7. The second kappa shape index (κ2) is 8.10. The van der Waals surface area contributed by atoms with Gasteiger partial charge in [-0.3, -0.25) is 9.59 Å². The fourth-order valence-electron chi connectivity index (χ4n) is 3.94. The lowest BCUT2D eigenvalue weighted by Gasteiger charge is -2.23. The van der Waals surface area contributed by atoms with Crippen molar-refractivity contribution in [1.82, 2.24) is 19.4 Å². The van der Waals surface area contributed by atoms with Crippen molar-refractivity contribution in [3.05, 3.63) is 94.2 Å². The van der Waals surface area contributed by atoms with E-state index in [9.17, 15) is 14.7 Å². The maximum atomic E-state index is 13.2. The van der Waals surface area contributed by atoms with Crippen LogP contribution in [0.3, 0.4) is 0 Å². The Kier molecular flexibility index (Phi) is 5.33. The molecule has 0 aliphatic carbocycles. The van der Waals surface area contributed by atoms with E-state index < -0.39 is 17.6 Å². The number of pyridine rings is 1. The van der Waals surface area contributed by atoms with Crippen LogP contribution >= 0.6 is 0 Å². The van der Waals surface area contributed by atoms with Gasteiger partial charge in [0.15, 0.2) is 0 Å². The van der Waals surface area contributed by atoms with Gasteiger partial charge in [0.1, 0.15) is 23.7 Å². The molecule has 158 valence electrons. The molecule has 7 nitrogen and oxygen atoms in total. The van der Waals surface area contributed by atoms with Gasteiger partial charge in [0.2, 0.25) is 5.91 Å². The summed E-state index contributed by atoms with van der Waals surface area (Å²) in [5, 5.41) is 12.7. The number of aromatic hydroxyl groups is 1. The van der Waals surface area contributed by atoms with Crippen molar-refractivity contribution in [2.45, 2.75) is 25.9 Å². The van der Waals surface area contributed by atoms with E-state index in [0.717, 1.165) is 22.7 Å². The Morgan fingerprint density at radius 1 is 1.06 bits per heavy atom. The molecule has 2 aromatic heterocycles. The number of carbonyl (C=O) groups is 1. The summed E-state index contributed by atoms with van der Waals surface area (Å²) in [6.07, 6.45) is 0. The van der Waals surface area contributed by atoms with E-state index in [1.54, 1.807) is 13.8 Å². The van der Waals surface area contributed by atoms with Crippen molar-refractivity contribution in [2.24, 2.45) is 7.05 Å². The molecule has 31 heavy (non-hydrogen) atoms. The molecule has 7 heteroatoms. The van der Waals surface area contributed by atoms with Crippen LogP contribution in [0.15, 0.2) is 71.5 Å². The van der Waals surface area contributed by atoms with E-state index in [0.29, 0.717) is 11.5 Å². The van der Waals surface area contributed by atoms with Gasteiger partial charge in [-0.25, -0.2) is 4.98 Å². The predicted octanol–water partition coefficient (Wildman–Crippen LogP) is 3.22. The zero-order valence-electron chi connectivity index (χ0n) is 17.6. The highest BCUT2D eigenvalue weighted by molar-refractivity contribution is 5.81. The number of amides is 1. The molecule has 0 saturated carbocycles. The number of carbonyl (C=O) groups excluding carboxylic acids is 1. The molecular weight excluding hydrogens is 392 g/mol. The second-order valence-electron chi connectivity index (χ2n) is 7.61. The smallest absolute Gasteiger partial charge is 0.255 e. The highest BCUT2D eigenvalue weighted by Crippen LogP contribution is 2.26. The third kappa shape index (κ3) is 3.82. The monoisotopic (exact) mass is 416 g/mol. The Balaban J connectivity index is 1.74. The number of fused-ring (bicyclic) bond motifs is 1. The summed E-state index contributed by atoms with van der Waals surface area (Å²) in [4.78, 5) is 30.4. The molecule has 0 fully saturated rings. The molecule has 2 N–H and O–H groups in total. The van der Waals surface area contributed by atoms with Crippen molar-refractivity contribution in [3.8, 4) is 5.75 Å². The van der Waals surface area contributed by atoms with Crippen molar-refractivity contribution in [1.29, 1.82) is 0 Å². The number of aromatic nitrogens is 3. The normalized spacial score (nSPS) is 13.1. The standard InChI is InChI=1S/C24H24N4O3/c1-15-13-18(29)14-21(30)28(15)16(2)24(31)26-22(17-9-5-4-6-10-17)23-25-19-11-7-8-12-20(19)27(23)3/h4-14,16,22,29H,1-3H3,(H,26,31)/t16-,22+/m1/s1. The van der Waals surface area contributed by atoms with Crippen LogP contribution in [0.25, 0.3) is 11.0 Å². The number of para-hydroxylation sites is 2. The lowest BCUT2D eigenvalue weighted by atomic mass is 10.1. The maximum absolute atomic E-state index is 13.2. The number of aryl methyl sites for hydroxylation is 2. The van der Waals surface area contributed by atoms with E-state index in [4.69, 9.17) is 4.98 Å². The van der Waals surface area contributed by atoms with Gasteiger partial charge in [-0.15, -0.1) is 0 Å².